The molecule has 3 heteroatoms. The lowest BCUT2D eigenvalue weighted by molar-refractivity contribution is -0.137. The Hall–Kier alpha value is -0.830. The van der Waals surface area contributed by atoms with E-state index < -0.39 is 0 Å². The van der Waals surface area contributed by atoms with Crippen molar-refractivity contribution in [3.05, 3.63) is 11.6 Å². The second-order valence-corrected chi connectivity index (χ2v) is 4.81. The minimum atomic E-state index is -0.119. The highest BCUT2D eigenvalue weighted by atomic mass is 16.5. The highest BCUT2D eigenvalue weighted by Crippen LogP contribution is 2.43. The molecular formula is C12H17NO2. The van der Waals surface area contributed by atoms with E-state index in [1.54, 1.807) is 0 Å². The van der Waals surface area contributed by atoms with Crippen molar-refractivity contribution in [2.75, 3.05) is 7.11 Å². The monoisotopic (exact) mass is 207 g/mol. The molecule has 0 radical (unpaired) electrons. The van der Waals surface area contributed by atoms with Gasteiger partial charge in [0.15, 0.2) is 0 Å². The molecule has 0 N–H and O–H groups in total. The van der Waals surface area contributed by atoms with E-state index in [9.17, 15) is 4.79 Å². The van der Waals surface area contributed by atoms with E-state index in [4.69, 9.17) is 4.74 Å². The molecule has 0 aromatic rings. The van der Waals surface area contributed by atoms with E-state index in [-0.39, 0.29) is 5.97 Å². The molecule has 3 rings (SSSR count). The Balaban J connectivity index is 1.86. The van der Waals surface area contributed by atoms with Crippen LogP contribution in [-0.4, -0.2) is 36.1 Å². The molecule has 2 fully saturated rings. The van der Waals surface area contributed by atoms with Crippen LogP contribution in [0, 0.1) is 0 Å². The van der Waals surface area contributed by atoms with Crippen molar-refractivity contribution < 1.29 is 9.53 Å². The molecule has 1 aliphatic carbocycles. The molecule has 2 unspecified atom stereocenters. The lowest BCUT2D eigenvalue weighted by Gasteiger charge is -2.34. The van der Waals surface area contributed by atoms with E-state index >= 15 is 0 Å². The number of carbonyl (C=O) groups is 1. The van der Waals surface area contributed by atoms with Crippen molar-refractivity contribution in [2.45, 2.75) is 50.2 Å². The molecule has 2 atom stereocenters. The second-order valence-electron chi connectivity index (χ2n) is 4.81. The van der Waals surface area contributed by atoms with E-state index in [1.165, 1.54) is 26.4 Å². The van der Waals surface area contributed by atoms with Crippen LogP contribution < -0.4 is 0 Å². The summed E-state index contributed by atoms with van der Waals surface area (Å²) in [7, 11) is 1.48. The SMILES string of the molecule is COC(=O)C1=CCC2CCC1N2C1CC1. The molecule has 0 aromatic heterocycles. The van der Waals surface area contributed by atoms with Crippen LogP contribution in [0.4, 0.5) is 0 Å². The predicted octanol–water partition coefficient (Wildman–Crippen LogP) is 1.48. The fourth-order valence-corrected chi connectivity index (χ4v) is 3.12. The van der Waals surface area contributed by atoms with Crippen LogP contribution in [-0.2, 0) is 9.53 Å². The fraction of sp³-hybridized carbons (Fsp3) is 0.750. The molecule has 0 spiro atoms. The van der Waals surface area contributed by atoms with Gasteiger partial charge in [0.2, 0.25) is 0 Å². The summed E-state index contributed by atoms with van der Waals surface area (Å²) in [5.74, 6) is -0.119. The van der Waals surface area contributed by atoms with Gasteiger partial charge in [0.25, 0.3) is 0 Å². The Bertz CT molecular complexity index is 320. The predicted molar refractivity (Wildman–Crippen MR) is 56.4 cm³/mol. The Kier molecular flexibility index (Phi) is 2.09. The third kappa shape index (κ3) is 1.41. The third-order valence-electron chi connectivity index (χ3n) is 3.91. The first-order valence-corrected chi connectivity index (χ1v) is 5.87. The number of nitrogens with zero attached hydrogens (tertiary/aromatic N) is 1. The van der Waals surface area contributed by atoms with Crippen molar-refractivity contribution in [3.8, 4) is 0 Å². The van der Waals surface area contributed by atoms with E-state index in [0.717, 1.165) is 24.5 Å². The van der Waals surface area contributed by atoms with Crippen molar-refractivity contribution in [3.63, 3.8) is 0 Å². The molecule has 0 amide bonds. The molecule has 15 heavy (non-hydrogen) atoms. The number of ether oxygens (including phenoxy) is 1. The van der Waals surface area contributed by atoms with Gasteiger partial charge in [-0.05, 0) is 32.1 Å². The highest BCUT2D eigenvalue weighted by Gasteiger charge is 2.46. The van der Waals surface area contributed by atoms with Gasteiger partial charge in [-0.15, -0.1) is 0 Å². The van der Waals surface area contributed by atoms with E-state index in [2.05, 4.69) is 11.0 Å². The van der Waals surface area contributed by atoms with Crippen molar-refractivity contribution in [1.82, 2.24) is 4.90 Å². The van der Waals surface area contributed by atoms with Gasteiger partial charge in [-0.2, -0.15) is 0 Å². The quantitative estimate of drug-likeness (QED) is 0.642. The van der Waals surface area contributed by atoms with E-state index in [0.29, 0.717) is 12.1 Å². The van der Waals surface area contributed by atoms with Crippen LogP contribution in [0.15, 0.2) is 11.6 Å². The molecule has 2 aliphatic heterocycles. The van der Waals surface area contributed by atoms with Gasteiger partial charge in [0, 0.05) is 18.1 Å². The summed E-state index contributed by atoms with van der Waals surface area (Å²) >= 11 is 0. The molecule has 1 saturated heterocycles. The zero-order valence-corrected chi connectivity index (χ0v) is 9.11. The zero-order chi connectivity index (χ0) is 10.4. The fourth-order valence-electron chi connectivity index (χ4n) is 3.12. The maximum Gasteiger partial charge on any atom is 0.335 e. The maximum absolute atomic E-state index is 11.6. The standard InChI is InChI=1S/C12H17NO2/c1-15-12(14)10-6-4-9-5-7-11(10)13(9)8-2-3-8/h6,8-9,11H,2-5,7H2,1H3. The number of hydrogen-bond donors (Lipinski definition) is 0. The van der Waals surface area contributed by atoms with Crippen molar-refractivity contribution in [2.24, 2.45) is 0 Å². The van der Waals surface area contributed by atoms with Crippen LogP contribution in [0.5, 0.6) is 0 Å². The first kappa shape index (κ1) is 9.40. The topological polar surface area (TPSA) is 29.5 Å². The highest BCUT2D eigenvalue weighted by molar-refractivity contribution is 5.90. The number of esters is 1. The Morgan fingerprint density at radius 2 is 2.07 bits per heavy atom. The molecule has 3 nitrogen and oxygen atoms in total. The first-order valence-electron chi connectivity index (χ1n) is 5.87. The van der Waals surface area contributed by atoms with Gasteiger partial charge >= 0.3 is 5.97 Å². The minimum Gasteiger partial charge on any atom is -0.466 e. The average Bonchev–Trinajstić information content (AvgIpc) is 3.05. The van der Waals surface area contributed by atoms with Crippen LogP contribution in [0.3, 0.4) is 0 Å². The Labute approximate surface area is 90.1 Å². The summed E-state index contributed by atoms with van der Waals surface area (Å²) in [6.45, 7) is 0. The van der Waals surface area contributed by atoms with Crippen LogP contribution in [0.25, 0.3) is 0 Å². The van der Waals surface area contributed by atoms with E-state index in [1.807, 2.05) is 0 Å². The van der Waals surface area contributed by atoms with Gasteiger partial charge < -0.3 is 4.74 Å². The van der Waals surface area contributed by atoms with Gasteiger partial charge in [-0.25, -0.2) is 4.79 Å². The van der Waals surface area contributed by atoms with Crippen LogP contribution >= 0.6 is 0 Å². The zero-order valence-electron chi connectivity index (χ0n) is 9.11. The third-order valence-corrected chi connectivity index (χ3v) is 3.91. The molecule has 1 saturated carbocycles. The van der Waals surface area contributed by atoms with Crippen LogP contribution in [0.1, 0.15) is 32.1 Å². The van der Waals surface area contributed by atoms with Gasteiger partial charge in [0.05, 0.1) is 12.7 Å². The number of methoxy groups -OCH3 is 1. The van der Waals surface area contributed by atoms with Gasteiger partial charge in [0.1, 0.15) is 0 Å². The minimum absolute atomic E-state index is 0.119. The molecular weight excluding hydrogens is 190 g/mol. The molecule has 0 aromatic carbocycles. The summed E-state index contributed by atoms with van der Waals surface area (Å²) in [5.41, 5.74) is 0.915. The molecule has 2 heterocycles. The number of rotatable bonds is 2. The van der Waals surface area contributed by atoms with Gasteiger partial charge in [-0.3, -0.25) is 4.90 Å². The average molecular weight is 207 g/mol. The van der Waals surface area contributed by atoms with Crippen molar-refractivity contribution >= 4 is 5.97 Å². The lowest BCUT2D eigenvalue weighted by Crippen LogP contribution is -2.43. The molecule has 2 bridgehead atoms. The summed E-state index contributed by atoms with van der Waals surface area (Å²) in [6.07, 6.45) is 8.17. The summed E-state index contributed by atoms with van der Waals surface area (Å²) in [6, 6.07) is 1.83. The summed E-state index contributed by atoms with van der Waals surface area (Å²) in [5, 5.41) is 0. The summed E-state index contributed by atoms with van der Waals surface area (Å²) < 4.78 is 4.85. The summed E-state index contributed by atoms with van der Waals surface area (Å²) in [4.78, 5) is 14.2. The number of fused-ring (bicyclic) bond motifs is 2. The Morgan fingerprint density at radius 1 is 1.33 bits per heavy atom. The smallest absolute Gasteiger partial charge is 0.335 e. The Morgan fingerprint density at radius 3 is 2.73 bits per heavy atom. The van der Waals surface area contributed by atoms with Crippen molar-refractivity contribution in [1.29, 1.82) is 0 Å². The second kappa shape index (κ2) is 3.34. The normalized spacial score (nSPS) is 35.1. The maximum atomic E-state index is 11.6. The number of carbonyl (C=O) groups excluding carboxylic acids is 1. The molecule has 3 aliphatic rings. The number of hydrogen-bond acceptors (Lipinski definition) is 3. The first-order chi connectivity index (χ1) is 7.31. The van der Waals surface area contributed by atoms with Crippen LogP contribution in [0.2, 0.25) is 0 Å². The van der Waals surface area contributed by atoms with Gasteiger partial charge in [-0.1, -0.05) is 6.08 Å². The molecule has 82 valence electrons. The lowest BCUT2D eigenvalue weighted by atomic mass is 10.0. The largest absolute Gasteiger partial charge is 0.466 e.